The number of hydrogen-bond acceptors (Lipinski definition) is 5. The molecule has 0 unspecified atom stereocenters. The van der Waals surface area contributed by atoms with E-state index in [4.69, 9.17) is 16.3 Å². The van der Waals surface area contributed by atoms with Gasteiger partial charge in [-0.3, -0.25) is 0 Å². The summed E-state index contributed by atoms with van der Waals surface area (Å²) in [5.74, 6) is 0. The highest BCUT2D eigenvalue weighted by Crippen LogP contribution is 2.55. The Morgan fingerprint density at radius 2 is 1.79 bits per heavy atom. The molecule has 0 bridgehead atoms. The number of rotatable bonds is 3. The third-order valence-electron chi connectivity index (χ3n) is 4.05. The average molecular weight is 279 g/mol. The van der Waals surface area contributed by atoms with Crippen LogP contribution in [0.2, 0.25) is 0 Å². The lowest BCUT2D eigenvalue weighted by molar-refractivity contribution is -0.0733. The second-order valence-corrected chi connectivity index (χ2v) is 4.78. The van der Waals surface area contributed by atoms with Crippen LogP contribution in [-0.4, -0.2) is 13.3 Å². The predicted octanol–water partition coefficient (Wildman–Crippen LogP) is 2.38. The minimum Gasteiger partial charge on any atom is -0.361 e. The molecular weight excluding hydrogens is 264 g/mol. The highest BCUT2D eigenvalue weighted by atomic mass is 35.5. The fourth-order valence-electron chi connectivity index (χ4n) is 2.86. The van der Waals surface area contributed by atoms with Crippen LogP contribution >= 0.6 is 11.6 Å². The summed E-state index contributed by atoms with van der Waals surface area (Å²) in [4.78, 5) is 0. The summed E-state index contributed by atoms with van der Waals surface area (Å²) in [6.07, 6.45) is 0.420. The van der Waals surface area contributed by atoms with E-state index >= 15 is 0 Å². The fourth-order valence-corrected chi connectivity index (χ4v) is 3.15. The zero-order chi connectivity index (χ0) is 14.7. The molecule has 1 aliphatic rings. The van der Waals surface area contributed by atoms with E-state index in [2.05, 4.69) is 5.32 Å². The number of methoxy groups -OCH3 is 1. The zero-order valence-corrected chi connectivity index (χ0v) is 11.9. The number of allylic oxidation sites excluding steroid dienone is 1. The minimum absolute atomic E-state index is 0.00924. The van der Waals surface area contributed by atoms with Gasteiger partial charge in [0, 0.05) is 7.11 Å². The molecule has 0 aromatic heterocycles. The van der Waals surface area contributed by atoms with Crippen molar-refractivity contribution in [1.29, 1.82) is 15.8 Å². The van der Waals surface area contributed by atoms with Crippen molar-refractivity contribution in [3.8, 4) is 18.2 Å². The lowest BCUT2D eigenvalue weighted by Gasteiger charge is -2.49. The van der Waals surface area contributed by atoms with Crippen molar-refractivity contribution in [3.05, 3.63) is 10.7 Å². The Labute approximate surface area is 118 Å². The molecule has 0 aliphatic carbocycles. The number of halogens is 1. The largest absolute Gasteiger partial charge is 0.361 e. The lowest BCUT2D eigenvalue weighted by Crippen LogP contribution is -2.58. The summed E-state index contributed by atoms with van der Waals surface area (Å²) < 4.78 is 5.37. The molecule has 0 fully saturated rings. The van der Waals surface area contributed by atoms with E-state index in [0.29, 0.717) is 12.8 Å². The maximum absolute atomic E-state index is 9.57. The molecule has 0 saturated carbocycles. The second-order valence-electron chi connectivity index (χ2n) is 4.40. The normalized spacial score (nSPS) is 23.7. The van der Waals surface area contributed by atoms with Crippen LogP contribution in [0.5, 0.6) is 0 Å². The van der Waals surface area contributed by atoms with E-state index in [0.717, 1.165) is 0 Å². The van der Waals surface area contributed by atoms with Crippen molar-refractivity contribution >= 4 is 11.6 Å². The van der Waals surface area contributed by atoms with Crippen LogP contribution in [0.25, 0.3) is 0 Å². The van der Waals surface area contributed by atoms with E-state index in [1.165, 1.54) is 7.11 Å². The Kier molecular flexibility index (Phi) is 4.43. The van der Waals surface area contributed by atoms with Crippen LogP contribution < -0.4 is 5.32 Å². The van der Waals surface area contributed by atoms with Gasteiger partial charge in [-0.05, 0) is 12.8 Å². The molecule has 0 aromatic carbocycles. The SMILES string of the molecule is CCC1(CC)[C@H](OC)NC(Cl)=C(C#N)C1(C#N)C#N. The van der Waals surface area contributed by atoms with Crippen molar-refractivity contribution in [2.45, 2.75) is 32.9 Å². The third-order valence-corrected chi connectivity index (χ3v) is 4.34. The molecule has 1 heterocycles. The molecule has 1 aliphatic heterocycles. The van der Waals surface area contributed by atoms with E-state index in [9.17, 15) is 15.8 Å². The molecule has 100 valence electrons. The number of hydrogen-bond donors (Lipinski definition) is 1. The van der Waals surface area contributed by atoms with Gasteiger partial charge in [0.25, 0.3) is 0 Å². The Balaban J connectivity index is 3.73. The van der Waals surface area contributed by atoms with Crippen molar-refractivity contribution in [3.63, 3.8) is 0 Å². The highest BCUT2D eigenvalue weighted by molar-refractivity contribution is 6.30. The van der Waals surface area contributed by atoms with Gasteiger partial charge >= 0.3 is 0 Å². The second kappa shape index (κ2) is 5.49. The van der Waals surface area contributed by atoms with Gasteiger partial charge in [0.2, 0.25) is 0 Å². The smallest absolute Gasteiger partial charge is 0.191 e. The predicted molar refractivity (Wildman–Crippen MR) is 69.1 cm³/mol. The minimum atomic E-state index is -1.60. The van der Waals surface area contributed by atoms with Gasteiger partial charge in [0.1, 0.15) is 17.5 Å². The van der Waals surface area contributed by atoms with Gasteiger partial charge in [-0.15, -0.1) is 0 Å². The van der Waals surface area contributed by atoms with Crippen molar-refractivity contribution in [2.24, 2.45) is 10.8 Å². The number of nitrogens with zero attached hydrogens (tertiary/aromatic N) is 3. The maximum Gasteiger partial charge on any atom is 0.191 e. The first-order valence-electron chi connectivity index (χ1n) is 5.95. The molecule has 1 N–H and O–H groups in total. The first-order valence-corrected chi connectivity index (χ1v) is 6.33. The molecule has 0 spiro atoms. The van der Waals surface area contributed by atoms with Gasteiger partial charge < -0.3 is 10.1 Å². The van der Waals surface area contributed by atoms with Gasteiger partial charge in [0.15, 0.2) is 5.41 Å². The molecule has 19 heavy (non-hydrogen) atoms. The van der Waals surface area contributed by atoms with Crippen molar-refractivity contribution in [2.75, 3.05) is 7.11 Å². The van der Waals surface area contributed by atoms with E-state index in [-0.39, 0.29) is 10.7 Å². The molecular formula is C13H15ClN4O. The van der Waals surface area contributed by atoms with Gasteiger partial charge in [-0.25, -0.2) is 0 Å². The van der Waals surface area contributed by atoms with Crippen LogP contribution in [0.1, 0.15) is 26.7 Å². The lowest BCUT2D eigenvalue weighted by atomic mass is 9.56. The summed E-state index contributed by atoms with van der Waals surface area (Å²) in [7, 11) is 1.48. The Morgan fingerprint density at radius 3 is 2.11 bits per heavy atom. The van der Waals surface area contributed by atoms with Crippen LogP contribution in [0.3, 0.4) is 0 Å². The molecule has 0 aromatic rings. The van der Waals surface area contributed by atoms with Crippen molar-refractivity contribution < 1.29 is 4.74 Å². The fraction of sp³-hybridized carbons (Fsp3) is 0.615. The van der Waals surface area contributed by atoms with E-state index in [1.54, 1.807) is 0 Å². The van der Waals surface area contributed by atoms with E-state index in [1.807, 2.05) is 32.1 Å². The first kappa shape index (κ1) is 15.3. The van der Waals surface area contributed by atoms with Crippen LogP contribution in [-0.2, 0) is 4.74 Å². The molecule has 1 atom stereocenters. The third kappa shape index (κ3) is 1.77. The van der Waals surface area contributed by atoms with Crippen LogP contribution in [0.15, 0.2) is 10.7 Å². The molecule has 0 amide bonds. The number of nitriles is 3. The quantitative estimate of drug-likeness (QED) is 0.800. The topological polar surface area (TPSA) is 92.6 Å². The van der Waals surface area contributed by atoms with Gasteiger partial charge in [0.05, 0.1) is 23.1 Å². The van der Waals surface area contributed by atoms with Gasteiger partial charge in [-0.1, -0.05) is 25.4 Å². The average Bonchev–Trinajstić information content (AvgIpc) is 2.45. The summed E-state index contributed by atoms with van der Waals surface area (Å²) in [6.45, 7) is 3.74. The summed E-state index contributed by atoms with van der Waals surface area (Å²) in [5.41, 5.74) is -2.46. The number of ether oxygens (including phenoxy) is 1. The Morgan fingerprint density at radius 1 is 1.26 bits per heavy atom. The highest BCUT2D eigenvalue weighted by Gasteiger charge is 2.61. The first-order chi connectivity index (χ1) is 9.03. The van der Waals surface area contributed by atoms with Gasteiger partial charge in [-0.2, -0.15) is 15.8 Å². The zero-order valence-electron chi connectivity index (χ0n) is 11.1. The maximum atomic E-state index is 9.57. The molecule has 0 radical (unpaired) electrons. The van der Waals surface area contributed by atoms with E-state index < -0.39 is 17.1 Å². The van der Waals surface area contributed by atoms with Crippen molar-refractivity contribution in [1.82, 2.24) is 5.32 Å². The summed E-state index contributed by atoms with van der Waals surface area (Å²) >= 11 is 6.00. The standard InChI is InChI=1S/C13H15ClN4O/c1-4-12(5-2)11(19-3)18-10(14)9(6-15)13(12,7-16)8-17/h11,18H,4-5H2,1-3H3/t11-/m0/s1. The monoisotopic (exact) mass is 278 g/mol. The van der Waals surface area contributed by atoms with Crippen LogP contribution in [0.4, 0.5) is 0 Å². The molecule has 0 saturated heterocycles. The Bertz CT molecular complexity index is 502. The Hall–Kier alpha value is -1.74. The van der Waals surface area contributed by atoms with Crippen LogP contribution in [0, 0.1) is 44.8 Å². The number of nitrogens with one attached hydrogen (secondary N) is 1. The molecule has 1 rings (SSSR count). The summed E-state index contributed by atoms with van der Waals surface area (Å²) in [6, 6.07) is 5.92. The summed E-state index contributed by atoms with van der Waals surface area (Å²) in [5, 5.41) is 31.3. The molecule has 5 nitrogen and oxygen atoms in total. The molecule has 6 heteroatoms.